The number of carbonyl (C=O) groups excluding carboxylic acids is 1. The summed E-state index contributed by atoms with van der Waals surface area (Å²) in [5.41, 5.74) is 7.91. The number of nitrogens with zero attached hydrogens (tertiary/aromatic N) is 3. The molecule has 0 unspecified atom stereocenters. The highest BCUT2D eigenvalue weighted by Gasteiger charge is 2.30. The molecule has 8 heteroatoms. The number of carbonyl (C=O) groups is 1. The van der Waals surface area contributed by atoms with Gasteiger partial charge in [0.2, 0.25) is 5.95 Å². The number of hydrogen-bond acceptors (Lipinski definition) is 6. The van der Waals surface area contributed by atoms with Gasteiger partial charge < -0.3 is 15.6 Å². The molecular formula is C15H15ClN4O3. The van der Waals surface area contributed by atoms with Crippen LogP contribution in [-0.4, -0.2) is 32.7 Å². The molecule has 0 radical (unpaired) electrons. The lowest BCUT2D eigenvalue weighted by atomic mass is 10.0. The molecule has 0 atom stereocenters. The van der Waals surface area contributed by atoms with Crippen molar-refractivity contribution in [1.29, 1.82) is 0 Å². The predicted molar refractivity (Wildman–Crippen MR) is 84.8 cm³/mol. The minimum absolute atomic E-state index is 0.00705. The van der Waals surface area contributed by atoms with E-state index < -0.39 is 6.09 Å². The van der Waals surface area contributed by atoms with Gasteiger partial charge in [-0.25, -0.2) is 14.8 Å². The quantitative estimate of drug-likeness (QED) is 0.875. The molecule has 120 valence electrons. The Bertz CT molecular complexity index is 761. The number of rotatable bonds is 2. The van der Waals surface area contributed by atoms with Crippen molar-refractivity contribution in [3.63, 3.8) is 0 Å². The van der Waals surface area contributed by atoms with Crippen molar-refractivity contribution >= 4 is 23.6 Å². The van der Waals surface area contributed by atoms with Crippen molar-refractivity contribution < 1.29 is 14.6 Å². The fraction of sp³-hybridized carbons (Fsp3) is 0.267. The second-order valence-corrected chi connectivity index (χ2v) is 5.45. The summed E-state index contributed by atoms with van der Waals surface area (Å²) in [4.78, 5) is 21.8. The zero-order valence-electron chi connectivity index (χ0n) is 12.4. The van der Waals surface area contributed by atoms with E-state index in [1.54, 1.807) is 19.1 Å². The highest BCUT2D eigenvalue weighted by molar-refractivity contribution is 6.33. The number of halogens is 1. The Morgan fingerprint density at radius 3 is 2.91 bits per heavy atom. The predicted octanol–water partition coefficient (Wildman–Crippen LogP) is 2.56. The number of hydrogen-bond donors (Lipinski definition) is 2. The maximum absolute atomic E-state index is 11.9. The Labute approximate surface area is 137 Å². The Hall–Kier alpha value is -2.54. The second kappa shape index (κ2) is 5.92. The van der Waals surface area contributed by atoms with Crippen molar-refractivity contribution in [2.24, 2.45) is 0 Å². The monoisotopic (exact) mass is 334 g/mol. The first-order chi connectivity index (χ1) is 11.0. The van der Waals surface area contributed by atoms with Crippen LogP contribution in [0.15, 0.2) is 18.2 Å². The highest BCUT2D eigenvalue weighted by Crippen LogP contribution is 2.39. The molecule has 0 bridgehead atoms. The molecule has 0 spiro atoms. The Morgan fingerprint density at radius 2 is 2.22 bits per heavy atom. The van der Waals surface area contributed by atoms with E-state index in [1.165, 1.54) is 11.0 Å². The van der Waals surface area contributed by atoms with Crippen LogP contribution in [0.25, 0.3) is 11.3 Å². The zero-order valence-corrected chi connectivity index (χ0v) is 13.2. The zero-order chi connectivity index (χ0) is 16.6. The maximum Gasteiger partial charge on any atom is 0.410 e. The molecule has 1 aromatic heterocycles. The second-order valence-electron chi connectivity index (χ2n) is 5.04. The van der Waals surface area contributed by atoms with Crippen LogP contribution < -0.4 is 5.73 Å². The molecule has 7 nitrogen and oxygen atoms in total. The van der Waals surface area contributed by atoms with Crippen molar-refractivity contribution in [2.75, 3.05) is 12.3 Å². The minimum atomic E-state index is -0.432. The normalized spacial score (nSPS) is 13.0. The summed E-state index contributed by atoms with van der Waals surface area (Å²) in [7, 11) is 0. The molecule has 2 heterocycles. The van der Waals surface area contributed by atoms with Gasteiger partial charge in [-0.05, 0) is 19.1 Å². The largest absolute Gasteiger partial charge is 0.507 e. The average molecular weight is 335 g/mol. The van der Waals surface area contributed by atoms with E-state index >= 15 is 0 Å². The molecule has 1 amide bonds. The third-order valence-electron chi connectivity index (χ3n) is 3.55. The summed E-state index contributed by atoms with van der Waals surface area (Å²) < 4.78 is 5.01. The van der Waals surface area contributed by atoms with Crippen LogP contribution in [0.2, 0.25) is 5.02 Å². The number of ether oxygens (including phenoxy) is 1. The van der Waals surface area contributed by atoms with Gasteiger partial charge in [-0.15, -0.1) is 0 Å². The van der Waals surface area contributed by atoms with Crippen LogP contribution in [-0.2, 0) is 17.8 Å². The number of amides is 1. The number of fused-ring (bicyclic) bond motifs is 1. The van der Waals surface area contributed by atoms with Crippen LogP contribution in [0, 0.1) is 0 Å². The standard InChI is InChI=1S/C15H15ClN4O3/c1-2-23-15(22)20-6-8-10(7-20)18-14(17)19-13(8)12-9(16)4-3-5-11(12)21/h3-5,21H,2,6-7H2,1H3,(H2,17,18,19). The number of aromatic hydroxyl groups is 1. The molecule has 3 rings (SSSR count). The fourth-order valence-electron chi connectivity index (χ4n) is 2.57. The van der Waals surface area contributed by atoms with Gasteiger partial charge in [0, 0.05) is 5.56 Å². The molecule has 3 N–H and O–H groups in total. The van der Waals surface area contributed by atoms with Crippen molar-refractivity contribution in [1.82, 2.24) is 14.9 Å². The molecule has 2 aromatic rings. The number of phenolic OH excluding ortho intramolecular Hbond substituents is 1. The number of aromatic nitrogens is 2. The molecule has 0 saturated carbocycles. The third-order valence-corrected chi connectivity index (χ3v) is 3.87. The summed E-state index contributed by atoms with van der Waals surface area (Å²) in [6.45, 7) is 2.58. The van der Waals surface area contributed by atoms with Crippen LogP contribution in [0.1, 0.15) is 18.2 Å². The van der Waals surface area contributed by atoms with Crippen LogP contribution in [0.4, 0.5) is 10.7 Å². The molecule has 23 heavy (non-hydrogen) atoms. The molecular weight excluding hydrogens is 320 g/mol. The molecule has 1 aliphatic rings. The molecule has 1 aliphatic heterocycles. The maximum atomic E-state index is 11.9. The fourth-order valence-corrected chi connectivity index (χ4v) is 2.83. The van der Waals surface area contributed by atoms with Gasteiger partial charge in [-0.2, -0.15) is 0 Å². The minimum Gasteiger partial charge on any atom is -0.507 e. The van der Waals surface area contributed by atoms with Crippen molar-refractivity contribution in [2.45, 2.75) is 20.0 Å². The summed E-state index contributed by atoms with van der Waals surface area (Å²) in [5.74, 6) is 0.0520. The topological polar surface area (TPSA) is 102 Å². The van der Waals surface area contributed by atoms with Gasteiger partial charge in [0.1, 0.15) is 5.75 Å². The van der Waals surface area contributed by atoms with Gasteiger partial charge in [-0.3, -0.25) is 4.90 Å². The molecule has 0 fully saturated rings. The number of nitrogens with two attached hydrogens (primary N) is 1. The summed E-state index contributed by atoms with van der Waals surface area (Å²) in [5, 5.41) is 10.5. The number of anilines is 1. The molecule has 0 saturated heterocycles. The van der Waals surface area contributed by atoms with Gasteiger partial charge in [0.15, 0.2) is 0 Å². The number of phenols is 1. The third kappa shape index (κ3) is 2.75. The first-order valence-corrected chi connectivity index (χ1v) is 7.43. The Kier molecular flexibility index (Phi) is 3.96. The van der Waals surface area contributed by atoms with Gasteiger partial charge in [0.25, 0.3) is 0 Å². The average Bonchev–Trinajstić information content (AvgIpc) is 2.91. The Morgan fingerprint density at radius 1 is 1.43 bits per heavy atom. The van der Waals surface area contributed by atoms with E-state index in [1.807, 2.05) is 0 Å². The van der Waals surface area contributed by atoms with E-state index in [-0.39, 0.29) is 31.4 Å². The van der Waals surface area contributed by atoms with Gasteiger partial charge in [0.05, 0.1) is 41.7 Å². The lowest BCUT2D eigenvalue weighted by Gasteiger charge is -2.14. The number of nitrogen functional groups attached to an aromatic ring is 1. The van der Waals surface area contributed by atoms with E-state index in [0.717, 1.165) is 0 Å². The van der Waals surface area contributed by atoms with Crippen molar-refractivity contribution in [3.8, 4) is 17.0 Å². The van der Waals surface area contributed by atoms with E-state index in [0.29, 0.717) is 27.5 Å². The summed E-state index contributed by atoms with van der Waals surface area (Å²) in [6.07, 6.45) is -0.432. The van der Waals surface area contributed by atoms with Gasteiger partial charge in [-0.1, -0.05) is 17.7 Å². The van der Waals surface area contributed by atoms with E-state index in [4.69, 9.17) is 22.1 Å². The smallest absolute Gasteiger partial charge is 0.410 e. The number of benzene rings is 1. The Balaban J connectivity index is 2.08. The molecule has 1 aromatic carbocycles. The molecule has 0 aliphatic carbocycles. The van der Waals surface area contributed by atoms with Gasteiger partial charge >= 0.3 is 6.09 Å². The highest BCUT2D eigenvalue weighted by atomic mass is 35.5. The summed E-state index contributed by atoms with van der Waals surface area (Å²) >= 11 is 6.20. The lowest BCUT2D eigenvalue weighted by molar-refractivity contribution is 0.106. The first-order valence-electron chi connectivity index (χ1n) is 7.06. The van der Waals surface area contributed by atoms with Crippen LogP contribution in [0.3, 0.4) is 0 Å². The van der Waals surface area contributed by atoms with Crippen LogP contribution >= 0.6 is 11.6 Å². The first kappa shape index (κ1) is 15.4. The van der Waals surface area contributed by atoms with Crippen LogP contribution in [0.5, 0.6) is 5.75 Å². The lowest BCUT2D eigenvalue weighted by Crippen LogP contribution is -2.26. The SMILES string of the molecule is CCOC(=O)N1Cc2nc(N)nc(-c3c(O)cccc3Cl)c2C1. The van der Waals surface area contributed by atoms with E-state index in [9.17, 15) is 9.90 Å². The van der Waals surface area contributed by atoms with Crippen molar-refractivity contribution in [3.05, 3.63) is 34.5 Å². The van der Waals surface area contributed by atoms with E-state index in [2.05, 4.69) is 9.97 Å². The summed E-state index contributed by atoms with van der Waals surface area (Å²) in [6, 6.07) is 4.81.